The lowest BCUT2D eigenvalue weighted by Gasteiger charge is -2.33. The zero-order valence-corrected chi connectivity index (χ0v) is 16.5. The number of rotatable bonds is 5. The number of aryl methyl sites for hydroxylation is 1. The lowest BCUT2D eigenvalue weighted by Crippen LogP contribution is -2.46. The fourth-order valence-electron chi connectivity index (χ4n) is 3.33. The molecule has 1 aliphatic rings. The summed E-state index contributed by atoms with van der Waals surface area (Å²) in [6.45, 7) is 8.43. The molecule has 1 aromatic rings. The molecule has 7 nitrogen and oxygen atoms in total. The standard InChI is InChI=1S/C19H30N4O3/c1-6-26-18(24)15-7-9-23(10-8-15)19(20-4)22-12-16-14(3)17(25-5)13(2)11-21-16/h11,15H,6-10,12H2,1-5H3,(H,20,22). The van der Waals surface area contributed by atoms with Crippen LogP contribution in [0.15, 0.2) is 11.2 Å². The van der Waals surface area contributed by atoms with Crippen molar-refractivity contribution in [2.45, 2.75) is 40.2 Å². The van der Waals surface area contributed by atoms with Crippen molar-refractivity contribution in [3.05, 3.63) is 23.0 Å². The highest BCUT2D eigenvalue weighted by Gasteiger charge is 2.27. The summed E-state index contributed by atoms with van der Waals surface area (Å²) in [6, 6.07) is 0. The van der Waals surface area contributed by atoms with Crippen LogP contribution in [0.25, 0.3) is 0 Å². The maximum absolute atomic E-state index is 11.9. The van der Waals surface area contributed by atoms with Crippen LogP contribution in [0.2, 0.25) is 0 Å². The number of carbonyl (C=O) groups is 1. The Morgan fingerprint density at radius 1 is 1.38 bits per heavy atom. The van der Waals surface area contributed by atoms with E-state index in [1.807, 2.05) is 27.0 Å². The van der Waals surface area contributed by atoms with Crippen LogP contribution < -0.4 is 10.1 Å². The highest BCUT2D eigenvalue weighted by molar-refractivity contribution is 5.80. The van der Waals surface area contributed by atoms with E-state index in [4.69, 9.17) is 9.47 Å². The molecule has 2 rings (SSSR count). The van der Waals surface area contributed by atoms with E-state index < -0.39 is 0 Å². The number of aromatic nitrogens is 1. The molecular formula is C19H30N4O3. The smallest absolute Gasteiger partial charge is 0.309 e. The Morgan fingerprint density at radius 2 is 2.08 bits per heavy atom. The second-order valence-corrected chi connectivity index (χ2v) is 6.46. The predicted molar refractivity (Wildman–Crippen MR) is 101 cm³/mol. The first-order valence-corrected chi connectivity index (χ1v) is 9.13. The van der Waals surface area contributed by atoms with E-state index in [1.54, 1.807) is 14.2 Å². The molecule has 1 fully saturated rings. The number of hydrogen-bond donors (Lipinski definition) is 1. The molecule has 1 saturated heterocycles. The fraction of sp³-hybridized carbons (Fsp3) is 0.632. The van der Waals surface area contributed by atoms with Crippen molar-refractivity contribution in [2.24, 2.45) is 10.9 Å². The lowest BCUT2D eigenvalue weighted by molar-refractivity contribution is -0.149. The number of nitrogens with one attached hydrogen (secondary N) is 1. The maximum atomic E-state index is 11.9. The van der Waals surface area contributed by atoms with Gasteiger partial charge in [-0.2, -0.15) is 0 Å². The molecule has 144 valence electrons. The number of aliphatic imine (C=N–C) groups is 1. The SMILES string of the molecule is CCOC(=O)C1CCN(C(=NC)NCc2ncc(C)c(OC)c2C)CC1. The molecule has 0 amide bonds. The number of likely N-dealkylation sites (tertiary alicyclic amines) is 1. The van der Waals surface area contributed by atoms with E-state index in [-0.39, 0.29) is 11.9 Å². The van der Waals surface area contributed by atoms with Gasteiger partial charge >= 0.3 is 5.97 Å². The zero-order chi connectivity index (χ0) is 19.1. The largest absolute Gasteiger partial charge is 0.496 e. The monoisotopic (exact) mass is 362 g/mol. The van der Waals surface area contributed by atoms with Crippen molar-refractivity contribution in [1.29, 1.82) is 0 Å². The van der Waals surface area contributed by atoms with Crippen molar-refractivity contribution in [2.75, 3.05) is 33.9 Å². The van der Waals surface area contributed by atoms with Crippen LogP contribution in [0.3, 0.4) is 0 Å². The van der Waals surface area contributed by atoms with Gasteiger partial charge in [0, 0.05) is 37.5 Å². The van der Waals surface area contributed by atoms with Crippen LogP contribution in [0.4, 0.5) is 0 Å². The molecule has 1 aliphatic heterocycles. The van der Waals surface area contributed by atoms with Gasteiger partial charge in [0.1, 0.15) is 5.75 Å². The number of guanidine groups is 1. The molecule has 0 saturated carbocycles. The predicted octanol–water partition coefficient (Wildman–Crippen LogP) is 2.06. The molecule has 0 aromatic carbocycles. The highest BCUT2D eigenvalue weighted by Crippen LogP contribution is 2.24. The molecule has 0 spiro atoms. The molecule has 0 atom stereocenters. The minimum absolute atomic E-state index is 0.00502. The third-order valence-corrected chi connectivity index (χ3v) is 4.79. The average Bonchev–Trinajstić information content (AvgIpc) is 2.65. The van der Waals surface area contributed by atoms with Crippen LogP contribution in [-0.2, 0) is 16.1 Å². The minimum atomic E-state index is -0.0818. The molecule has 0 bridgehead atoms. The van der Waals surface area contributed by atoms with Crippen molar-refractivity contribution >= 4 is 11.9 Å². The summed E-state index contributed by atoms with van der Waals surface area (Å²) < 4.78 is 10.6. The van der Waals surface area contributed by atoms with Gasteiger partial charge in [-0.25, -0.2) is 0 Å². The lowest BCUT2D eigenvalue weighted by atomic mass is 9.97. The minimum Gasteiger partial charge on any atom is -0.496 e. The van der Waals surface area contributed by atoms with E-state index in [9.17, 15) is 4.79 Å². The summed E-state index contributed by atoms with van der Waals surface area (Å²) >= 11 is 0. The summed E-state index contributed by atoms with van der Waals surface area (Å²) in [7, 11) is 3.45. The van der Waals surface area contributed by atoms with Crippen LogP contribution in [-0.4, -0.2) is 55.7 Å². The summed E-state index contributed by atoms with van der Waals surface area (Å²) in [5, 5.41) is 3.38. The summed E-state index contributed by atoms with van der Waals surface area (Å²) in [5.74, 6) is 1.62. The molecule has 1 N–H and O–H groups in total. The third kappa shape index (κ3) is 4.65. The first-order valence-electron chi connectivity index (χ1n) is 9.13. The number of esters is 1. The molecule has 0 unspecified atom stereocenters. The van der Waals surface area contributed by atoms with Gasteiger partial charge in [-0.1, -0.05) is 0 Å². The summed E-state index contributed by atoms with van der Waals surface area (Å²) in [4.78, 5) is 22.9. The second-order valence-electron chi connectivity index (χ2n) is 6.46. The maximum Gasteiger partial charge on any atom is 0.309 e. The van der Waals surface area contributed by atoms with Crippen LogP contribution in [0.5, 0.6) is 5.75 Å². The quantitative estimate of drug-likeness (QED) is 0.491. The molecule has 2 heterocycles. The van der Waals surface area contributed by atoms with Crippen LogP contribution in [0, 0.1) is 19.8 Å². The number of carbonyl (C=O) groups excluding carboxylic acids is 1. The first-order chi connectivity index (χ1) is 12.5. The molecular weight excluding hydrogens is 332 g/mol. The molecule has 7 heteroatoms. The second kappa shape index (κ2) is 9.40. The fourth-order valence-corrected chi connectivity index (χ4v) is 3.33. The summed E-state index contributed by atoms with van der Waals surface area (Å²) in [5.41, 5.74) is 3.01. The van der Waals surface area contributed by atoms with Gasteiger partial charge in [0.05, 0.1) is 31.9 Å². The van der Waals surface area contributed by atoms with Crippen molar-refractivity contribution in [3.63, 3.8) is 0 Å². The number of ether oxygens (including phenoxy) is 2. The van der Waals surface area contributed by atoms with Crippen LogP contribution >= 0.6 is 0 Å². The number of methoxy groups -OCH3 is 1. The third-order valence-electron chi connectivity index (χ3n) is 4.79. The Labute approximate surface area is 155 Å². The van der Waals surface area contributed by atoms with E-state index in [0.29, 0.717) is 13.2 Å². The van der Waals surface area contributed by atoms with E-state index in [0.717, 1.165) is 54.5 Å². The zero-order valence-electron chi connectivity index (χ0n) is 16.5. The Balaban J connectivity index is 1.94. The topological polar surface area (TPSA) is 76.0 Å². The number of nitrogens with zero attached hydrogens (tertiary/aromatic N) is 3. The van der Waals surface area contributed by atoms with Gasteiger partial charge in [0.2, 0.25) is 0 Å². The van der Waals surface area contributed by atoms with Crippen molar-refractivity contribution in [1.82, 2.24) is 15.2 Å². The number of piperidine rings is 1. The van der Waals surface area contributed by atoms with Crippen molar-refractivity contribution < 1.29 is 14.3 Å². The van der Waals surface area contributed by atoms with E-state index in [2.05, 4.69) is 20.2 Å². The normalized spacial score (nSPS) is 15.7. The van der Waals surface area contributed by atoms with E-state index >= 15 is 0 Å². The molecule has 0 radical (unpaired) electrons. The van der Waals surface area contributed by atoms with E-state index in [1.165, 1.54) is 0 Å². The van der Waals surface area contributed by atoms with Crippen LogP contribution in [0.1, 0.15) is 36.6 Å². The van der Waals surface area contributed by atoms with Gasteiger partial charge in [0.15, 0.2) is 5.96 Å². The number of hydrogen-bond acceptors (Lipinski definition) is 5. The highest BCUT2D eigenvalue weighted by atomic mass is 16.5. The van der Waals surface area contributed by atoms with Crippen molar-refractivity contribution in [3.8, 4) is 5.75 Å². The molecule has 26 heavy (non-hydrogen) atoms. The van der Waals surface area contributed by atoms with Gasteiger partial charge in [-0.05, 0) is 33.6 Å². The Kier molecular flexibility index (Phi) is 7.24. The van der Waals surface area contributed by atoms with Gasteiger partial charge in [-0.15, -0.1) is 0 Å². The summed E-state index contributed by atoms with van der Waals surface area (Å²) in [6.07, 6.45) is 3.40. The molecule has 0 aliphatic carbocycles. The Bertz CT molecular complexity index is 652. The van der Waals surface area contributed by atoms with Gasteiger partial charge in [0.25, 0.3) is 0 Å². The first kappa shape index (κ1) is 20.0. The Morgan fingerprint density at radius 3 is 2.65 bits per heavy atom. The average molecular weight is 362 g/mol. The molecule has 1 aromatic heterocycles. The Hall–Kier alpha value is -2.31. The number of pyridine rings is 1. The van der Waals surface area contributed by atoms with Gasteiger partial charge < -0.3 is 19.7 Å². The van der Waals surface area contributed by atoms with Gasteiger partial charge in [-0.3, -0.25) is 14.8 Å².